The van der Waals surface area contributed by atoms with E-state index in [1.54, 1.807) is 0 Å². The Morgan fingerprint density at radius 2 is 0.524 bits per heavy atom. The van der Waals surface area contributed by atoms with Gasteiger partial charge in [-0.25, -0.2) is 0 Å². The number of unbranched alkanes of at least 4 members (excludes halogenated alkanes) is 39. The molecule has 0 aliphatic heterocycles. The fraction of sp³-hybridized carbons (Fsp3) is 0.947. The lowest BCUT2D eigenvalue weighted by atomic mass is 10.0. The van der Waals surface area contributed by atoms with Crippen LogP contribution in [0.4, 0.5) is 0 Å². The number of carbonyl (C=O) groups excluding carboxylic acids is 3. The number of hydrogen-bond donors (Lipinski definition) is 0. The fourth-order valence-corrected chi connectivity index (χ4v) is 8.75. The summed E-state index contributed by atoms with van der Waals surface area (Å²) >= 11 is 0. The summed E-state index contributed by atoms with van der Waals surface area (Å²) in [6.45, 7) is 9.03. The Kier molecular flexibility index (Phi) is 50.1. The highest BCUT2D eigenvalue weighted by Gasteiger charge is 2.19. The molecule has 0 spiro atoms. The molecule has 0 aromatic rings. The zero-order valence-electron chi connectivity index (χ0n) is 43.0. The van der Waals surface area contributed by atoms with Crippen LogP contribution in [0.1, 0.15) is 323 Å². The molecule has 0 unspecified atom stereocenters. The van der Waals surface area contributed by atoms with Crippen molar-refractivity contribution in [3.8, 4) is 0 Å². The number of ether oxygens (including phenoxy) is 3. The minimum atomic E-state index is -0.761. The molecule has 63 heavy (non-hydrogen) atoms. The van der Waals surface area contributed by atoms with E-state index in [1.165, 1.54) is 218 Å². The molecule has 0 N–H and O–H groups in total. The molecule has 0 rings (SSSR count). The molecule has 0 aromatic heterocycles. The van der Waals surface area contributed by atoms with Gasteiger partial charge in [-0.15, -0.1) is 0 Å². The molecular weight excluding hydrogens is 781 g/mol. The van der Waals surface area contributed by atoms with E-state index in [-0.39, 0.29) is 31.1 Å². The van der Waals surface area contributed by atoms with Crippen LogP contribution in [0.2, 0.25) is 0 Å². The topological polar surface area (TPSA) is 78.9 Å². The third kappa shape index (κ3) is 51.3. The van der Waals surface area contributed by atoms with Crippen molar-refractivity contribution in [1.82, 2.24) is 0 Å². The molecule has 0 aliphatic rings. The van der Waals surface area contributed by atoms with Crippen LogP contribution in [0.3, 0.4) is 0 Å². The summed E-state index contributed by atoms with van der Waals surface area (Å²) in [5.41, 5.74) is 0. The van der Waals surface area contributed by atoms with Crippen molar-refractivity contribution in [2.45, 2.75) is 329 Å². The fourth-order valence-electron chi connectivity index (χ4n) is 8.75. The molecule has 0 bridgehead atoms. The summed E-state index contributed by atoms with van der Waals surface area (Å²) in [5, 5.41) is 0. The summed E-state index contributed by atoms with van der Waals surface area (Å²) in [6, 6.07) is 0. The van der Waals surface area contributed by atoms with Gasteiger partial charge in [0.15, 0.2) is 6.10 Å². The van der Waals surface area contributed by atoms with Crippen LogP contribution in [0.5, 0.6) is 0 Å². The quantitative estimate of drug-likeness (QED) is 0.0344. The van der Waals surface area contributed by atoms with Crippen LogP contribution >= 0.6 is 0 Å². The summed E-state index contributed by atoms with van der Waals surface area (Å²) in [6.07, 6.45) is 55.2. The van der Waals surface area contributed by atoms with Gasteiger partial charge in [-0.2, -0.15) is 0 Å². The van der Waals surface area contributed by atoms with Crippen LogP contribution in [0.15, 0.2) is 0 Å². The van der Waals surface area contributed by atoms with Gasteiger partial charge in [0.25, 0.3) is 0 Å². The zero-order chi connectivity index (χ0) is 45.9. The van der Waals surface area contributed by atoms with Crippen molar-refractivity contribution in [2.75, 3.05) is 13.2 Å². The van der Waals surface area contributed by atoms with E-state index >= 15 is 0 Å². The van der Waals surface area contributed by atoms with Crippen LogP contribution in [-0.2, 0) is 28.6 Å². The molecule has 0 aliphatic carbocycles. The summed E-state index contributed by atoms with van der Waals surface area (Å²) in [7, 11) is 0. The molecule has 0 heterocycles. The maximum absolute atomic E-state index is 12.8. The van der Waals surface area contributed by atoms with E-state index in [2.05, 4.69) is 27.7 Å². The summed E-state index contributed by atoms with van der Waals surface area (Å²) in [5.74, 6) is -0.0305. The molecule has 0 fully saturated rings. The minimum absolute atomic E-state index is 0.0623. The molecule has 374 valence electrons. The van der Waals surface area contributed by atoms with Crippen LogP contribution in [-0.4, -0.2) is 37.2 Å². The largest absolute Gasteiger partial charge is 0.462 e. The van der Waals surface area contributed by atoms with Gasteiger partial charge in [0.05, 0.1) is 0 Å². The normalized spacial score (nSPS) is 12.0. The van der Waals surface area contributed by atoms with E-state index in [1.807, 2.05) is 0 Å². The highest BCUT2D eigenvalue weighted by atomic mass is 16.6. The van der Waals surface area contributed by atoms with E-state index < -0.39 is 6.10 Å². The van der Waals surface area contributed by atoms with Gasteiger partial charge in [0.1, 0.15) is 13.2 Å². The van der Waals surface area contributed by atoms with E-state index in [4.69, 9.17) is 14.2 Å². The monoisotopic (exact) mass is 891 g/mol. The van der Waals surface area contributed by atoms with Gasteiger partial charge in [-0.3, -0.25) is 14.4 Å². The molecule has 0 radical (unpaired) electrons. The van der Waals surface area contributed by atoms with Crippen molar-refractivity contribution in [3.63, 3.8) is 0 Å². The number of esters is 3. The SMILES string of the molecule is CCCCCCCCCCCCCCCCCCCCCC(=O)OC[C@@H](COC(=O)CCCCCCCCCCCC(C)C)OC(=O)CCCCCCCCCCCCCCCC. The van der Waals surface area contributed by atoms with Crippen molar-refractivity contribution in [1.29, 1.82) is 0 Å². The smallest absolute Gasteiger partial charge is 0.306 e. The summed E-state index contributed by atoms with van der Waals surface area (Å²) < 4.78 is 16.9. The predicted octanol–water partition coefficient (Wildman–Crippen LogP) is 18.6. The predicted molar refractivity (Wildman–Crippen MR) is 270 cm³/mol. The molecule has 1 atom stereocenters. The Hall–Kier alpha value is -1.59. The Morgan fingerprint density at radius 1 is 0.302 bits per heavy atom. The second-order valence-electron chi connectivity index (χ2n) is 20.1. The molecule has 0 aromatic carbocycles. The van der Waals surface area contributed by atoms with Gasteiger partial charge >= 0.3 is 17.9 Å². The lowest BCUT2D eigenvalue weighted by molar-refractivity contribution is -0.167. The third-order valence-electron chi connectivity index (χ3n) is 13.0. The van der Waals surface area contributed by atoms with Gasteiger partial charge in [0, 0.05) is 19.3 Å². The number of carbonyl (C=O) groups is 3. The van der Waals surface area contributed by atoms with Crippen LogP contribution < -0.4 is 0 Å². The Morgan fingerprint density at radius 3 is 0.778 bits per heavy atom. The average molecular weight is 892 g/mol. The van der Waals surface area contributed by atoms with Gasteiger partial charge in [-0.1, -0.05) is 285 Å². The lowest BCUT2D eigenvalue weighted by Crippen LogP contribution is -2.30. The van der Waals surface area contributed by atoms with Crippen molar-refractivity contribution in [3.05, 3.63) is 0 Å². The zero-order valence-corrected chi connectivity index (χ0v) is 43.0. The Bertz CT molecular complexity index is 949. The molecule has 6 nitrogen and oxygen atoms in total. The minimum Gasteiger partial charge on any atom is -0.462 e. The van der Waals surface area contributed by atoms with Crippen molar-refractivity contribution >= 4 is 17.9 Å². The highest BCUT2D eigenvalue weighted by molar-refractivity contribution is 5.71. The van der Waals surface area contributed by atoms with Crippen LogP contribution in [0, 0.1) is 5.92 Å². The maximum Gasteiger partial charge on any atom is 0.306 e. The van der Waals surface area contributed by atoms with Gasteiger partial charge < -0.3 is 14.2 Å². The first-order chi connectivity index (χ1) is 30.9. The Balaban J connectivity index is 4.26. The van der Waals surface area contributed by atoms with E-state index in [9.17, 15) is 14.4 Å². The molecule has 0 saturated heterocycles. The van der Waals surface area contributed by atoms with Crippen LogP contribution in [0.25, 0.3) is 0 Å². The molecule has 6 heteroatoms. The molecule has 0 saturated carbocycles. The summed E-state index contributed by atoms with van der Waals surface area (Å²) in [4.78, 5) is 38.1. The molecule has 0 amide bonds. The number of rotatable bonds is 52. The molecular formula is C57H110O6. The lowest BCUT2D eigenvalue weighted by Gasteiger charge is -2.18. The van der Waals surface area contributed by atoms with E-state index in [0.717, 1.165) is 63.7 Å². The van der Waals surface area contributed by atoms with Crippen molar-refractivity contribution < 1.29 is 28.6 Å². The highest BCUT2D eigenvalue weighted by Crippen LogP contribution is 2.18. The average Bonchev–Trinajstić information content (AvgIpc) is 3.27. The first kappa shape index (κ1) is 61.4. The second kappa shape index (κ2) is 51.4. The maximum atomic E-state index is 12.8. The Labute approximate surface area is 393 Å². The first-order valence-corrected chi connectivity index (χ1v) is 28.4. The number of hydrogen-bond acceptors (Lipinski definition) is 6. The van der Waals surface area contributed by atoms with Gasteiger partial charge in [-0.05, 0) is 25.2 Å². The third-order valence-corrected chi connectivity index (χ3v) is 13.0. The van der Waals surface area contributed by atoms with Gasteiger partial charge in [0.2, 0.25) is 0 Å². The van der Waals surface area contributed by atoms with E-state index in [0.29, 0.717) is 19.3 Å². The first-order valence-electron chi connectivity index (χ1n) is 28.4. The standard InChI is InChI=1S/C57H110O6/c1-5-7-9-11-13-15-17-19-21-22-23-24-25-27-28-32-36-40-44-48-55(58)61-51-54(52-62-56(59)49-45-41-37-34-30-31-35-39-43-47-53(3)4)63-57(60)50-46-42-38-33-29-26-20-18-16-14-12-10-8-6-2/h53-54H,5-52H2,1-4H3/t54-/m0/s1. The van der Waals surface area contributed by atoms with Crippen molar-refractivity contribution in [2.24, 2.45) is 5.92 Å². The second-order valence-corrected chi connectivity index (χ2v) is 20.1.